The highest BCUT2D eigenvalue weighted by molar-refractivity contribution is 5.88. The van der Waals surface area contributed by atoms with Gasteiger partial charge < -0.3 is 4.74 Å². The molecule has 1 aromatic heterocycles. The first-order chi connectivity index (χ1) is 9.70. The minimum atomic E-state index is -0.402. The molecule has 0 N–H and O–H groups in total. The lowest BCUT2D eigenvalue weighted by Gasteiger charge is -2.23. The van der Waals surface area contributed by atoms with Crippen LogP contribution in [0.25, 0.3) is 17.0 Å². The van der Waals surface area contributed by atoms with Crippen LogP contribution in [0.15, 0.2) is 24.8 Å². The number of nitrogens with zero attached hydrogens (tertiary/aromatic N) is 3. The predicted molar refractivity (Wildman–Crippen MR) is 75.3 cm³/mol. The van der Waals surface area contributed by atoms with Crippen LogP contribution in [-0.2, 0) is 4.74 Å². The Morgan fingerprint density at radius 2 is 2.35 bits per heavy atom. The molecule has 1 aliphatic heterocycles. The van der Waals surface area contributed by atoms with Gasteiger partial charge in [-0.15, -0.1) is 0 Å². The molecule has 0 aliphatic carbocycles. The van der Waals surface area contributed by atoms with Gasteiger partial charge >= 0.3 is 0 Å². The molecule has 0 bridgehead atoms. The minimum absolute atomic E-state index is 0.0599. The van der Waals surface area contributed by atoms with Crippen molar-refractivity contribution < 1.29 is 9.66 Å². The maximum Gasteiger partial charge on any atom is 0.270 e. The quantitative estimate of drug-likeness (QED) is 0.635. The molecule has 1 aromatic carbocycles. The molecule has 0 amide bonds. The fourth-order valence-corrected chi connectivity index (χ4v) is 2.55. The van der Waals surface area contributed by atoms with E-state index in [0.29, 0.717) is 5.69 Å². The molecular weight excluding hydrogens is 258 g/mol. The number of non-ortho nitro benzene ring substituents is 1. The third-order valence-electron chi connectivity index (χ3n) is 3.55. The number of rotatable bonds is 3. The molecule has 0 spiro atoms. The van der Waals surface area contributed by atoms with Crippen LogP contribution in [-0.4, -0.2) is 21.3 Å². The molecular formula is C14H15N3O3. The maximum atomic E-state index is 10.9. The van der Waals surface area contributed by atoms with Crippen LogP contribution in [0, 0.1) is 10.1 Å². The number of nitro benzene ring substituents is 1. The lowest BCUT2D eigenvalue weighted by Crippen LogP contribution is -2.19. The highest BCUT2D eigenvalue weighted by atomic mass is 16.6. The van der Waals surface area contributed by atoms with E-state index in [1.807, 2.05) is 4.68 Å². The summed E-state index contributed by atoms with van der Waals surface area (Å²) in [5.41, 5.74) is 1.56. The summed E-state index contributed by atoms with van der Waals surface area (Å²) in [6.45, 7) is 4.45. The summed E-state index contributed by atoms with van der Waals surface area (Å²) in [6.07, 6.45) is 4.59. The molecule has 1 unspecified atom stereocenters. The number of hydrogen-bond acceptors (Lipinski definition) is 4. The Labute approximate surface area is 115 Å². The lowest BCUT2D eigenvalue weighted by atomic mass is 10.1. The third-order valence-corrected chi connectivity index (χ3v) is 3.55. The second kappa shape index (κ2) is 5.05. The molecule has 2 aromatic rings. The SMILES string of the molecule is C=Cc1nn(C2CCCCO2)c2ccc([N+](=O)[O-])cc12. The fraction of sp³-hybridized carbons (Fsp3) is 0.357. The molecule has 3 rings (SSSR count). The van der Waals surface area contributed by atoms with Crippen molar-refractivity contribution in [2.75, 3.05) is 6.61 Å². The Kier molecular flexibility index (Phi) is 3.23. The predicted octanol–water partition coefficient (Wildman–Crippen LogP) is 3.29. The Morgan fingerprint density at radius 3 is 3.00 bits per heavy atom. The molecule has 6 heteroatoms. The number of aromatic nitrogens is 2. The molecule has 1 fully saturated rings. The number of benzene rings is 1. The van der Waals surface area contributed by atoms with E-state index < -0.39 is 4.92 Å². The molecule has 0 saturated carbocycles. The summed E-state index contributed by atoms with van der Waals surface area (Å²) in [6, 6.07) is 4.76. The molecule has 1 saturated heterocycles. The Morgan fingerprint density at radius 1 is 1.50 bits per heavy atom. The minimum Gasteiger partial charge on any atom is -0.356 e. The zero-order valence-corrected chi connectivity index (χ0v) is 11.0. The standard InChI is InChI=1S/C14H15N3O3/c1-2-12-11-9-10(17(18)19)6-7-13(11)16(15-12)14-5-3-4-8-20-14/h2,6-7,9,14H,1,3-5,8H2. The van der Waals surface area contributed by atoms with Gasteiger partial charge in [-0.1, -0.05) is 6.58 Å². The van der Waals surface area contributed by atoms with E-state index in [0.717, 1.165) is 36.8 Å². The lowest BCUT2D eigenvalue weighted by molar-refractivity contribution is -0.384. The topological polar surface area (TPSA) is 70.2 Å². The Hall–Kier alpha value is -2.21. The van der Waals surface area contributed by atoms with E-state index in [9.17, 15) is 10.1 Å². The molecule has 1 atom stereocenters. The number of ether oxygens (including phenoxy) is 1. The summed E-state index contributed by atoms with van der Waals surface area (Å²) < 4.78 is 7.55. The highest BCUT2D eigenvalue weighted by Crippen LogP contribution is 2.30. The van der Waals surface area contributed by atoms with Crippen LogP contribution >= 0.6 is 0 Å². The first kappa shape index (κ1) is 12.8. The van der Waals surface area contributed by atoms with E-state index in [4.69, 9.17) is 4.74 Å². The van der Waals surface area contributed by atoms with Gasteiger partial charge in [-0.3, -0.25) is 10.1 Å². The van der Waals surface area contributed by atoms with Gasteiger partial charge in [-0.2, -0.15) is 5.10 Å². The largest absolute Gasteiger partial charge is 0.356 e. The van der Waals surface area contributed by atoms with Crippen LogP contribution in [0.5, 0.6) is 0 Å². The van der Waals surface area contributed by atoms with Gasteiger partial charge in [-0.05, 0) is 31.4 Å². The van der Waals surface area contributed by atoms with Crippen molar-refractivity contribution in [2.45, 2.75) is 25.5 Å². The van der Waals surface area contributed by atoms with E-state index >= 15 is 0 Å². The van der Waals surface area contributed by atoms with Gasteiger partial charge in [0.25, 0.3) is 5.69 Å². The van der Waals surface area contributed by atoms with Crippen molar-refractivity contribution in [3.8, 4) is 0 Å². The van der Waals surface area contributed by atoms with Gasteiger partial charge in [0.15, 0.2) is 6.23 Å². The molecule has 0 radical (unpaired) electrons. The average Bonchev–Trinajstić information content (AvgIpc) is 2.86. The maximum absolute atomic E-state index is 10.9. The molecule has 6 nitrogen and oxygen atoms in total. The van der Waals surface area contributed by atoms with Crippen LogP contribution in [0.1, 0.15) is 31.2 Å². The summed E-state index contributed by atoms with van der Waals surface area (Å²) in [7, 11) is 0. The summed E-state index contributed by atoms with van der Waals surface area (Å²) in [5, 5.41) is 16.1. The van der Waals surface area contributed by atoms with E-state index in [-0.39, 0.29) is 11.9 Å². The van der Waals surface area contributed by atoms with Crippen molar-refractivity contribution in [1.29, 1.82) is 0 Å². The van der Waals surface area contributed by atoms with Gasteiger partial charge in [0.1, 0.15) is 0 Å². The van der Waals surface area contributed by atoms with Crippen molar-refractivity contribution in [1.82, 2.24) is 9.78 Å². The third kappa shape index (κ3) is 2.08. The zero-order valence-electron chi connectivity index (χ0n) is 11.0. The van der Waals surface area contributed by atoms with Crippen LogP contribution in [0.2, 0.25) is 0 Å². The fourth-order valence-electron chi connectivity index (χ4n) is 2.55. The highest BCUT2D eigenvalue weighted by Gasteiger charge is 2.21. The van der Waals surface area contributed by atoms with Gasteiger partial charge in [0, 0.05) is 24.1 Å². The second-order valence-corrected chi connectivity index (χ2v) is 4.81. The van der Waals surface area contributed by atoms with Crippen LogP contribution < -0.4 is 0 Å². The van der Waals surface area contributed by atoms with Crippen molar-refractivity contribution in [3.05, 3.63) is 40.6 Å². The van der Waals surface area contributed by atoms with Gasteiger partial charge in [0.2, 0.25) is 0 Å². The first-order valence-corrected chi connectivity index (χ1v) is 6.61. The molecule has 104 valence electrons. The monoisotopic (exact) mass is 273 g/mol. The average molecular weight is 273 g/mol. The number of hydrogen-bond donors (Lipinski definition) is 0. The van der Waals surface area contributed by atoms with Crippen molar-refractivity contribution >= 4 is 22.7 Å². The zero-order chi connectivity index (χ0) is 14.1. The smallest absolute Gasteiger partial charge is 0.270 e. The number of nitro groups is 1. The van der Waals surface area contributed by atoms with Crippen molar-refractivity contribution in [3.63, 3.8) is 0 Å². The van der Waals surface area contributed by atoms with Crippen LogP contribution in [0.3, 0.4) is 0 Å². The summed E-state index contributed by atoms with van der Waals surface area (Å²) >= 11 is 0. The first-order valence-electron chi connectivity index (χ1n) is 6.61. The van der Waals surface area contributed by atoms with Gasteiger partial charge in [0.05, 0.1) is 16.1 Å². The molecule has 1 aliphatic rings. The molecule has 20 heavy (non-hydrogen) atoms. The molecule has 2 heterocycles. The number of fused-ring (bicyclic) bond motifs is 1. The summed E-state index contributed by atoms with van der Waals surface area (Å²) in [4.78, 5) is 10.5. The van der Waals surface area contributed by atoms with E-state index in [1.54, 1.807) is 18.2 Å². The second-order valence-electron chi connectivity index (χ2n) is 4.81. The normalized spacial score (nSPS) is 19.1. The van der Waals surface area contributed by atoms with E-state index in [1.165, 1.54) is 6.07 Å². The van der Waals surface area contributed by atoms with Gasteiger partial charge in [-0.25, -0.2) is 4.68 Å². The van der Waals surface area contributed by atoms with E-state index in [2.05, 4.69) is 11.7 Å². The Bertz CT molecular complexity index is 672. The summed E-state index contributed by atoms with van der Waals surface area (Å²) in [5.74, 6) is 0. The van der Waals surface area contributed by atoms with Crippen LogP contribution in [0.4, 0.5) is 5.69 Å². The van der Waals surface area contributed by atoms with Crippen molar-refractivity contribution in [2.24, 2.45) is 0 Å². The Balaban J connectivity index is 2.13.